The van der Waals surface area contributed by atoms with Crippen LogP contribution in [0, 0.1) is 5.92 Å². The van der Waals surface area contributed by atoms with Gasteiger partial charge in [-0.25, -0.2) is 0 Å². The maximum Gasteiger partial charge on any atom is 0.416 e. The number of alkyl halides is 3. The Morgan fingerprint density at radius 3 is 2.79 bits per heavy atom. The summed E-state index contributed by atoms with van der Waals surface area (Å²) < 4.78 is 44.8. The standard InChI is InChI=1S/C20H23F3N2O3/c1-12(2)15-11-28-19-6-7-24(16(19)10-18(27)25(15)19)17(26)9-13-4-3-5-14(8-13)20(21,22)23/h3-5,8,12,15-16H,6-7,9-11H2,1-2H3/t15-,16+,19-/m0/s1. The summed E-state index contributed by atoms with van der Waals surface area (Å²) in [5.74, 6) is -0.0397. The smallest absolute Gasteiger partial charge is 0.351 e. The van der Waals surface area contributed by atoms with E-state index in [4.69, 9.17) is 4.74 Å². The van der Waals surface area contributed by atoms with Gasteiger partial charge in [-0.05, 0) is 17.5 Å². The van der Waals surface area contributed by atoms with Gasteiger partial charge in [0.15, 0.2) is 5.72 Å². The van der Waals surface area contributed by atoms with Crippen LogP contribution in [0.1, 0.15) is 37.8 Å². The number of hydrogen-bond donors (Lipinski definition) is 0. The minimum Gasteiger partial charge on any atom is -0.351 e. The quantitative estimate of drug-likeness (QED) is 0.790. The number of rotatable bonds is 3. The first-order chi connectivity index (χ1) is 13.1. The first-order valence-electron chi connectivity index (χ1n) is 9.55. The van der Waals surface area contributed by atoms with Crippen molar-refractivity contribution < 1.29 is 27.5 Å². The molecule has 3 aliphatic heterocycles. The maximum absolute atomic E-state index is 12.9. The van der Waals surface area contributed by atoms with Crippen LogP contribution in [-0.2, 0) is 26.9 Å². The molecule has 1 spiro atoms. The Kier molecular flexibility index (Phi) is 4.45. The fourth-order valence-electron chi connectivity index (χ4n) is 4.80. The Labute approximate surface area is 161 Å². The van der Waals surface area contributed by atoms with Crippen molar-refractivity contribution in [1.29, 1.82) is 0 Å². The van der Waals surface area contributed by atoms with Gasteiger partial charge in [0, 0.05) is 13.0 Å². The molecule has 0 radical (unpaired) electrons. The fourth-order valence-corrected chi connectivity index (χ4v) is 4.80. The number of carbonyl (C=O) groups excluding carboxylic acids is 2. The Balaban J connectivity index is 1.53. The lowest BCUT2D eigenvalue weighted by Gasteiger charge is -2.34. The van der Waals surface area contributed by atoms with Gasteiger partial charge in [0.05, 0.1) is 37.1 Å². The molecule has 28 heavy (non-hydrogen) atoms. The van der Waals surface area contributed by atoms with Crippen molar-refractivity contribution in [2.45, 2.75) is 57.1 Å². The molecule has 2 amide bonds. The lowest BCUT2D eigenvalue weighted by Crippen LogP contribution is -2.51. The molecular weight excluding hydrogens is 373 g/mol. The topological polar surface area (TPSA) is 49.9 Å². The fraction of sp³-hybridized carbons (Fsp3) is 0.600. The van der Waals surface area contributed by atoms with Crippen molar-refractivity contribution >= 4 is 11.8 Å². The van der Waals surface area contributed by atoms with Gasteiger partial charge in [0.2, 0.25) is 11.8 Å². The molecule has 3 aliphatic rings. The van der Waals surface area contributed by atoms with Crippen molar-refractivity contribution in [3.05, 3.63) is 35.4 Å². The summed E-state index contributed by atoms with van der Waals surface area (Å²) in [4.78, 5) is 29.0. The van der Waals surface area contributed by atoms with Crippen molar-refractivity contribution in [1.82, 2.24) is 9.80 Å². The number of ether oxygens (including phenoxy) is 1. The van der Waals surface area contributed by atoms with Gasteiger partial charge in [-0.2, -0.15) is 13.2 Å². The Hall–Kier alpha value is -2.09. The highest BCUT2D eigenvalue weighted by Crippen LogP contribution is 2.49. The summed E-state index contributed by atoms with van der Waals surface area (Å²) in [7, 11) is 0. The van der Waals surface area contributed by atoms with Gasteiger partial charge in [-0.3, -0.25) is 9.59 Å². The molecule has 0 saturated carbocycles. The van der Waals surface area contributed by atoms with E-state index in [0.717, 1.165) is 12.1 Å². The van der Waals surface area contributed by atoms with Crippen LogP contribution in [0.4, 0.5) is 13.2 Å². The molecule has 0 unspecified atom stereocenters. The van der Waals surface area contributed by atoms with Gasteiger partial charge >= 0.3 is 6.18 Å². The first-order valence-corrected chi connectivity index (χ1v) is 9.55. The molecule has 0 aromatic heterocycles. The van der Waals surface area contributed by atoms with Crippen molar-refractivity contribution in [2.75, 3.05) is 13.2 Å². The lowest BCUT2D eigenvalue weighted by atomic mass is 10.0. The largest absolute Gasteiger partial charge is 0.416 e. The van der Waals surface area contributed by atoms with Gasteiger partial charge in [0.25, 0.3) is 0 Å². The van der Waals surface area contributed by atoms with Crippen LogP contribution in [0.5, 0.6) is 0 Å². The van der Waals surface area contributed by atoms with E-state index in [9.17, 15) is 22.8 Å². The van der Waals surface area contributed by atoms with Crippen molar-refractivity contribution in [2.24, 2.45) is 5.92 Å². The first kappa shape index (κ1) is 19.2. The predicted octanol–water partition coefficient (Wildman–Crippen LogP) is 2.83. The third-order valence-corrected chi connectivity index (χ3v) is 6.19. The zero-order chi connectivity index (χ0) is 20.3. The van der Waals surface area contributed by atoms with Crippen LogP contribution >= 0.6 is 0 Å². The molecule has 3 fully saturated rings. The molecule has 0 bridgehead atoms. The maximum atomic E-state index is 12.9. The summed E-state index contributed by atoms with van der Waals surface area (Å²) >= 11 is 0. The van der Waals surface area contributed by atoms with E-state index >= 15 is 0 Å². The van der Waals surface area contributed by atoms with Crippen molar-refractivity contribution in [3.63, 3.8) is 0 Å². The molecule has 3 atom stereocenters. The second-order valence-corrected chi connectivity index (χ2v) is 8.16. The number of carbonyl (C=O) groups is 2. The molecule has 8 heteroatoms. The van der Waals surface area contributed by atoms with Crippen LogP contribution in [0.15, 0.2) is 24.3 Å². The number of likely N-dealkylation sites (tertiary alicyclic amines) is 1. The minimum absolute atomic E-state index is 0.00369. The molecule has 152 valence electrons. The highest BCUT2D eigenvalue weighted by molar-refractivity contribution is 5.85. The number of hydrogen-bond acceptors (Lipinski definition) is 3. The zero-order valence-corrected chi connectivity index (χ0v) is 15.8. The number of halogens is 3. The molecule has 5 nitrogen and oxygen atoms in total. The highest BCUT2D eigenvalue weighted by atomic mass is 19.4. The molecule has 0 aliphatic carbocycles. The van der Waals surface area contributed by atoms with Gasteiger partial charge in [-0.1, -0.05) is 32.0 Å². The van der Waals surface area contributed by atoms with Crippen LogP contribution in [0.25, 0.3) is 0 Å². The third kappa shape index (κ3) is 2.89. The van der Waals surface area contributed by atoms with Crippen molar-refractivity contribution in [3.8, 4) is 0 Å². The second kappa shape index (κ2) is 6.47. The summed E-state index contributed by atoms with van der Waals surface area (Å²) in [6.45, 7) is 4.98. The molecule has 0 N–H and O–H groups in total. The molecular formula is C20H23F3N2O3. The average Bonchev–Trinajstić information content (AvgIpc) is 3.23. The van der Waals surface area contributed by atoms with E-state index in [1.807, 2.05) is 18.7 Å². The monoisotopic (exact) mass is 396 g/mol. The summed E-state index contributed by atoms with van der Waals surface area (Å²) in [5, 5.41) is 0. The Morgan fingerprint density at radius 1 is 1.36 bits per heavy atom. The van der Waals surface area contributed by atoms with E-state index in [1.54, 1.807) is 4.90 Å². The molecule has 3 heterocycles. The normalized spacial score (nSPS) is 29.6. The van der Waals surface area contributed by atoms with Gasteiger partial charge < -0.3 is 14.5 Å². The molecule has 1 aromatic rings. The van der Waals surface area contributed by atoms with E-state index in [2.05, 4.69) is 0 Å². The van der Waals surface area contributed by atoms with Crippen LogP contribution in [0.3, 0.4) is 0 Å². The van der Waals surface area contributed by atoms with E-state index < -0.39 is 17.5 Å². The Morgan fingerprint density at radius 2 is 2.11 bits per heavy atom. The summed E-state index contributed by atoms with van der Waals surface area (Å²) in [6.07, 6.45) is -3.82. The van der Waals surface area contributed by atoms with E-state index in [0.29, 0.717) is 25.1 Å². The van der Waals surface area contributed by atoms with Crippen LogP contribution in [-0.4, -0.2) is 52.6 Å². The van der Waals surface area contributed by atoms with E-state index in [1.165, 1.54) is 12.1 Å². The van der Waals surface area contributed by atoms with Crippen LogP contribution in [0.2, 0.25) is 0 Å². The molecule has 3 saturated heterocycles. The second-order valence-electron chi connectivity index (χ2n) is 8.16. The van der Waals surface area contributed by atoms with Gasteiger partial charge in [-0.15, -0.1) is 0 Å². The molecule has 1 aromatic carbocycles. The lowest BCUT2D eigenvalue weighted by molar-refractivity contribution is -0.141. The highest BCUT2D eigenvalue weighted by Gasteiger charge is 2.65. The zero-order valence-electron chi connectivity index (χ0n) is 15.8. The number of benzene rings is 1. The summed E-state index contributed by atoms with van der Waals surface area (Å²) in [6, 6.07) is 4.46. The Bertz CT molecular complexity index is 810. The molecule has 4 rings (SSSR count). The minimum atomic E-state index is -4.45. The third-order valence-electron chi connectivity index (χ3n) is 6.19. The summed E-state index contributed by atoms with van der Waals surface area (Å²) in [5.41, 5.74) is -1.22. The number of amides is 2. The van der Waals surface area contributed by atoms with Gasteiger partial charge in [0.1, 0.15) is 0 Å². The average molecular weight is 396 g/mol. The van der Waals surface area contributed by atoms with Crippen LogP contribution < -0.4 is 0 Å². The SMILES string of the molecule is CC(C)[C@@H]1CO[C@@]23CCN(C(=O)Cc4cccc(C(F)(F)F)c4)[C@@H]2CC(=O)N13. The van der Waals surface area contributed by atoms with E-state index in [-0.39, 0.29) is 42.7 Å². The predicted molar refractivity (Wildman–Crippen MR) is 94.0 cm³/mol. The number of nitrogens with zero attached hydrogens (tertiary/aromatic N) is 2.